The van der Waals surface area contributed by atoms with E-state index in [-0.39, 0.29) is 6.61 Å². The Kier molecular flexibility index (Phi) is 8.74. The third-order valence-electron chi connectivity index (χ3n) is 3.76. The number of rotatable bonds is 10. The Hall–Kier alpha value is -2.11. The molecule has 0 aliphatic carbocycles. The SMILES string of the molecule is CCOC(=O)c1cc(OCC)c(OCC)c(OCCc2ccc(Cl)cc2Cl)c1. The number of carbonyl (C=O) groups excluding carboxylic acids is 1. The summed E-state index contributed by atoms with van der Waals surface area (Å²) < 4.78 is 22.4. The molecule has 0 saturated heterocycles. The zero-order chi connectivity index (χ0) is 20.5. The molecule has 0 saturated carbocycles. The minimum Gasteiger partial charge on any atom is -0.490 e. The highest BCUT2D eigenvalue weighted by Crippen LogP contribution is 2.39. The Morgan fingerprint density at radius 3 is 2.18 bits per heavy atom. The number of halogens is 2. The molecule has 0 spiro atoms. The monoisotopic (exact) mass is 426 g/mol. The smallest absolute Gasteiger partial charge is 0.338 e. The minimum absolute atomic E-state index is 0.279. The van der Waals surface area contributed by atoms with Gasteiger partial charge in [-0.25, -0.2) is 4.79 Å². The van der Waals surface area contributed by atoms with Crippen molar-refractivity contribution < 1.29 is 23.7 Å². The summed E-state index contributed by atoms with van der Waals surface area (Å²) in [6, 6.07) is 8.55. The fourth-order valence-corrected chi connectivity index (χ4v) is 3.06. The fourth-order valence-electron chi connectivity index (χ4n) is 2.56. The van der Waals surface area contributed by atoms with Gasteiger partial charge in [-0.15, -0.1) is 0 Å². The highest BCUT2D eigenvalue weighted by atomic mass is 35.5. The van der Waals surface area contributed by atoms with E-state index in [9.17, 15) is 4.79 Å². The third kappa shape index (κ3) is 5.94. The molecule has 0 aliphatic rings. The first-order valence-corrected chi connectivity index (χ1v) is 9.93. The molecular weight excluding hydrogens is 403 g/mol. The molecule has 0 aliphatic heterocycles. The first-order valence-electron chi connectivity index (χ1n) is 9.17. The number of esters is 1. The maximum atomic E-state index is 12.2. The molecule has 5 nitrogen and oxygen atoms in total. The van der Waals surface area contributed by atoms with Crippen molar-refractivity contribution >= 4 is 29.2 Å². The second kappa shape index (κ2) is 11.0. The summed E-state index contributed by atoms with van der Waals surface area (Å²) in [4.78, 5) is 12.2. The maximum absolute atomic E-state index is 12.2. The predicted octanol–water partition coefficient (Wildman–Crippen LogP) is 5.59. The van der Waals surface area contributed by atoms with E-state index in [2.05, 4.69) is 0 Å². The highest BCUT2D eigenvalue weighted by Gasteiger charge is 2.19. The lowest BCUT2D eigenvalue weighted by Crippen LogP contribution is -2.09. The van der Waals surface area contributed by atoms with Gasteiger partial charge in [-0.1, -0.05) is 29.3 Å². The summed E-state index contributed by atoms with van der Waals surface area (Å²) in [5, 5.41) is 1.16. The Balaban J connectivity index is 2.26. The molecule has 0 fully saturated rings. The van der Waals surface area contributed by atoms with Gasteiger partial charge in [0.1, 0.15) is 0 Å². The molecule has 0 N–H and O–H groups in total. The molecule has 7 heteroatoms. The van der Waals surface area contributed by atoms with Crippen molar-refractivity contribution in [1.82, 2.24) is 0 Å². The van der Waals surface area contributed by atoms with Crippen molar-refractivity contribution in [2.45, 2.75) is 27.2 Å². The van der Waals surface area contributed by atoms with Gasteiger partial charge in [-0.3, -0.25) is 0 Å². The highest BCUT2D eigenvalue weighted by molar-refractivity contribution is 6.35. The summed E-state index contributed by atoms with van der Waals surface area (Å²) in [6.07, 6.45) is 0.565. The summed E-state index contributed by atoms with van der Waals surface area (Å²) in [5.41, 5.74) is 1.25. The molecule has 0 heterocycles. The molecule has 0 bridgehead atoms. The molecule has 0 amide bonds. The molecular formula is C21H24Cl2O5. The van der Waals surface area contributed by atoms with Crippen LogP contribution in [0.25, 0.3) is 0 Å². The third-order valence-corrected chi connectivity index (χ3v) is 4.35. The number of hydrogen-bond donors (Lipinski definition) is 0. The molecule has 2 aromatic rings. The van der Waals surface area contributed by atoms with Crippen molar-refractivity contribution in [2.75, 3.05) is 26.4 Å². The molecule has 28 heavy (non-hydrogen) atoms. The van der Waals surface area contributed by atoms with Crippen LogP contribution in [-0.2, 0) is 11.2 Å². The van der Waals surface area contributed by atoms with Crippen LogP contribution in [0.5, 0.6) is 17.2 Å². The largest absolute Gasteiger partial charge is 0.490 e. The molecule has 0 radical (unpaired) electrons. The summed E-state index contributed by atoms with van der Waals surface area (Å²) >= 11 is 12.1. The van der Waals surface area contributed by atoms with E-state index < -0.39 is 5.97 Å². The lowest BCUT2D eigenvalue weighted by Gasteiger charge is -2.17. The van der Waals surface area contributed by atoms with E-state index in [0.717, 1.165) is 5.56 Å². The average Bonchev–Trinajstić information content (AvgIpc) is 2.66. The van der Waals surface area contributed by atoms with Gasteiger partial charge < -0.3 is 18.9 Å². The fraction of sp³-hybridized carbons (Fsp3) is 0.381. The Bertz CT molecular complexity index is 808. The van der Waals surface area contributed by atoms with Crippen molar-refractivity contribution in [3.8, 4) is 17.2 Å². The van der Waals surface area contributed by atoms with Crippen LogP contribution in [0.4, 0.5) is 0 Å². The molecule has 0 atom stereocenters. The summed E-state index contributed by atoms with van der Waals surface area (Å²) in [5.74, 6) is 0.868. The van der Waals surface area contributed by atoms with Crippen molar-refractivity contribution in [1.29, 1.82) is 0 Å². The van der Waals surface area contributed by atoms with E-state index in [1.54, 1.807) is 31.2 Å². The van der Waals surface area contributed by atoms with Gasteiger partial charge in [0.15, 0.2) is 11.5 Å². The number of ether oxygens (including phenoxy) is 4. The van der Waals surface area contributed by atoms with E-state index in [4.69, 9.17) is 42.1 Å². The Morgan fingerprint density at radius 1 is 0.893 bits per heavy atom. The van der Waals surface area contributed by atoms with Gasteiger partial charge in [0.25, 0.3) is 0 Å². The molecule has 152 valence electrons. The van der Waals surface area contributed by atoms with E-state index >= 15 is 0 Å². The quantitative estimate of drug-likeness (QED) is 0.463. The zero-order valence-electron chi connectivity index (χ0n) is 16.2. The van der Waals surface area contributed by atoms with Crippen LogP contribution in [0, 0.1) is 0 Å². The number of hydrogen-bond acceptors (Lipinski definition) is 5. The molecule has 0 aromatic heterocycles. The van der Waals surface area contributed by atoms with Crippen LogP contribution in [-0.4, -0.2) is 32.4 Å². The van der Waals surface area contributed by atoms with Gasteiger partial charge in [-0.2, -0.15) is 0 Å². The van der Waals surface area contributed by atoms with Crippen LogP contribution in [0.3, 0.4) is 0 Å². The van der Waals surface area contributed by atoms with Gasteiger partial charge in [-0.05, 0) is 50.6 Å². The topological polar surface area (TPSA) is 54.0 Å². The lowest BCUT2D eigenvalue weighted by molar-refractivity contribution is 0.0525. The molecule has 2 rings (SSSR count). The maximum Gasteiger partial charge on any atom is 0.338 e. The summed E-state index contributed by atoms with van der Waals surface area (Å²) in [7, 11) is 0. The van der Waals surface area contributed by atoms with Crippen molar-refractivity contribution in [2.24, 2.45) is 0 Å². The van der Waals surface area contributed by atoms with Crippen molar-refractivity contribution in [3.05, 3.63) is 51.5 Å². The molecule has 2 aromatic carbocycles. The number of carbonyl (C=O) groups is 1. The summed E-state index contributed by atoms with van der Waals surface area (Å²) in [6.45, 7) is 6.94. The first-order chi connectivity index (χ1) is 13.5. The second-order valence-electron chi connectivity index (χ2n) is 5.72. The van der Waals surface area contributed by atoms with Crippen molar-refractivity contribution in [3.63, 3.8) is 0 Å². The van der Waals surface area contributed by atoms with E-state index in [1.807, 2.05) is 19.9 Å². The van der Waals surface area contributed by atoms with Gasteiger partial charge in [0.05, 0.1) is 32.0 Å². The van der Waals surface area contributed by atoms with Crippen LogP contribution < -0.4 is 14.2 Å². The van der Waals surface area contributed by atoms with Gasteiger partial charge in [0.2, 0.25) is 5.75 Å². The first kappa shape index (κ1) is 22.2. The van der Waals surface area contributed by atoms with E-state index in [1.165, 1.54) is 0 Å². The Labute approximate surface area is 175 Å². The standard InChI is InChI=1S/C21H24Cl2O5/c1-4-25-18-11-15(21(24)27-6-3)12-19(20(18)26-5-2)28-10-9-14-7-8-16(22)13-17(14)23/h7-8,11-13H,4-6,9-10H2,1-3H3. The average molecular weight is 427 g/mol. The van der Waals surface area contributed by atoms with Crippen LogP contribution in [0.15, 0.2) is 30.3 Å². The lowest BCUT2D eigenvalue weighted by atomic mass is 10.1. The molecule has 0 unspecified atom stereocenters. The van der Waals surface area contributed by atoms with Gasteiger partial charge in [0, 0.05) is 16.5 Å². The van der Waals surface area contributed by atoms with Gasteiger partial charge >= 0.3 is 5.97 Å². The van der Waals surface area contributed by atoms with Crippen LogP contribution in [0.1, 0.15) is 36.7 Å². The Morgan fingerprint density at radius 2 is 1.57 bits per heavy atom. The van der Waals surface area contributed by atoms with Crippen LogP contribution >= 0.6 is 23.2 Å². The number of benzene rings is 2. The second-order valence-corrected chi connectivity index (χ2v) is 6.57. The predicted molar refractivity (Wildman–Crippen MR) is 110 cm³/mol. The van der Waals surface area contributed by atoms with Crippen LogP contribution in [0.2, 0.25) is 10.0 Å². The van der Waals surface area contributed by atoms with E-state index in [0.29, 0.717) is 59.1 Å². The zero-order valence-corrected chi connectivity index (χ0v) is 17.7. The minimum atomic E-state index is -0.447. The normalized spacial score (nSPS) is 10.5.